The molecule has 0 aliphatic rings. The summed E-state index contributed by atoms with van der Waals surface area (Å²) in [6, 6.07) is 13.4. The number of H-pyrrole nitrogens is 1. The van der Waals surface area contributed by atoms with Gasteiger partial charge in [0.05, 0.1) is 12.7 Å². The molecule has 0 fully saturated rings. The van der Waals surface area contributed by atoms with Crippen molar-refractivity contribution in [3.05, 3.63) is 64.5 Å². The van der Waals surface area contributed by atoms with Gasteiger partial charge in [0, 0.05) is 10.9 Å². The molecule has 1 aromatic carbocycles. The van der Waals surface area contributed by atoms with E-state index in [9.17, 15) is 4.79 Å². The number of carbonyl (C=O) groups excluding carboxylic acids is 1. The van der Waals surface area contributed by atoms with Gasteiger partial charge < -0.3 is 4.74 Å². The average Bonchev–Trinajstić information content (AvgIpc) is 3.23. The Morgan fingerprint density at radius 2 is 2.22 bits per heavy atom. The van der Waals surface area contributed by atoms with Gasteiger partial charge in [0.15, 0.2) is 6.61 Å². The van der Waals surface area contributed by atoms with Crippen LogP contribution in [-0.2, 0) is 11.3 Å². The van der Waals surface area contributed by atoms with E-state index in [1.54, 1.807) is 28.5 Å². The maximum absolute atomic E-state index is 12.6. The van der Waals surface area contributed by atoms with Crippen molar-refractivity contribution >= 4 is 23.1 Å². The summed E-state index contributed by atoms with van der Waals surface area (Å²) in [6.45, 7) is 2.46. The van der Waals surface area contributed by atoms with Crippen molar-refractivity contribution in [2.45, 2.75) is 13.5 Å². The van der Waals surface area contributed by atoms with Crippen LogP contribution < -0.4 is 9.64 Å². The molecule has 0 bridgehead atoms. The fourth-order valence-electron chi connectivity index (χ4n) is 2.19. The van der Waals surface area contributed by atoms with Crippen molar-refractivity contribution in [1.82, 2.24) is 10.2 Å². The topological polar surface area (TPSA) is 58.2 Å². The normalized spacial score (nSPS) is 10.5. The minimum atomic E-state index is -0.121. The highest BCUT2D eigenvalue weighted by atomic mass is 32.1. The number of amides is 1. The molecule has 23 heavy (non-hydrogen) atoms. The molecule has 0 saturated carbocycles. The fraction of sp³-hybridized carbons (Fsp3) is 0.176. The number of ether oxygens (including phenoxy) is 1. The number of aromatic amines is 1. The van der Waals surface area contributed by atoms with Crippen molar-refractivity contribution in [2.75, 3.05) is 11.5 Å². The predicted octanol–water partition coefficient (Wildman–Crippen LogP) is 3.39. The van der Waals surface area contributed by atoms with Gasteiger partial charge in [-0.05, 0) is 36.1 Å². The zero-order valence-electron chi connectivity index (χ0n) is 12.7. The molecule has 118 valence electrons. The molecular formula is C17H17N3O2S. The van der Waals surface area contributed by atoms with Crippen molar-refractivity contribution in [2.24, 2.45) is 0 Å². The largest absolute Gasteiger partial charge is 0.484 e. The maximum atomic E-state index is 12.6. The highest BCUT2D eigenvalue weighted by Crippen LogP contribution is 2.18. The number of hydrogen-bond donors (Lipinski definition) is 1. The van der Waals surface area contributed by atoms with Gasteiger partial charge in [0.1, 0.15) is 11.6 Å². The Morgan fingerprint density at radius 1 is 1.30 bits per heavy atom. The molecule has 2 heterocycles. The fourth-order valence-corrected chi connectivity index (χ4v) is 2.89. The first-order valence-electron chi connectivity index (χ1n) is 7.24. The Kier molecular flexibility index (Phi) is 4.73. The van der Waals surface area contributed by atoms with Gasteiger partial charge in [0.25, 0.3) is 5.91 Å². The van der Waals surface area contributed by atoms with Crippen molar-refractivity contribution in [1.29, 1.82) is 0 Å². The second-order valence-corrected chi connectivity index (χ2v) is 6.14. The van der Waals surface area contributed by atoms with E-state index in [4.69, 9.17) is 4.74 Å². The molecule has 2 aromatic heterocycles. The molecule has 0 saturated heterocycles. The molecule has 3 rings (SSSR count). The number of aromatic nitrogens is 2. The lowest BCUT2D eigenvalue weighted by Gasteiger charge is -2.20. The molecule has 0 aliphatic heterocycles. The van der Waals surface area contributed by atoms with Gasteiger partial charge in [0.2, 0.25) is 0 Å². The van der Waals surface area contributed by atoms with Crippen LogP contribution in [0.4, 0.5) is 5.82 Å². The summed E-state index contributed by atoms with van der Waals surface area (Å²) in [6.07, 6.45) is 1.63. The summed E-state index contributed by atoms with van der Waals surface area (Å²) in [5.74, 6) is 1.24. The molecule has 3 aromatic rings. The Hall–Kier alpha value is -2.60. The molecule has 5 nitrogen and oxygen atoms in total. The van der Waals surface area contributed by atoms with Crippen LogP contribution in [0.3, 0.4) is 0 Å². The molecule has 1 amide bonds. The van der Waals surface area contributed by atoms with Gasteiger partial charge in [-0.25, -0.2) is 0 Å². The quantitative estimate of drug-likeness (QED) is 0.755. The zero-order chi connectivity index (χ0) is 16.1. The third kappa shape index (κ3) is 3.98. The second-order valence-electron chi connectivity index (χ2n) is 5.11. The summed E-state index contributed by atoms with van der Waals surface area (Å²) in [7, 11) is 0. The summed E-state index contributed by atoms with van der Waals surface area (Å²) >= 11 is 1.61. The van der Waals surface area contributed by atoms with Crippen LogP contribution in [0.5, 0.6) is 5.75 Å². The molecule has 0 radical (unpaired) electrons. The monoisotopic (exact) mass is 327 g/mol. The maximum Gasteiger partial charge on any atom is 0.266 e. The second kappa shape index (κ2) is 7.11. The van der Waals surface area contributed by atoms with Crippen LogP contribution >= 0.6 is 11.3 Å². The average molecular weight is 327 g/mol. The Labute approximate surface area is 138 Å². The third-order valence-electron chi connectivity index (χ3n) is 3.32. The van der Waals surface area contributed by atoms with Gasteiger partial charge in [-0.1, -0.05) is 18.2 Å². The standard InChI is InChI=1S/C17H17N3O2S/c1-13-4-2-5-14(10-13)22-12-17(21)20(16-7-8-18-19-16)11-15-6-3-9-23-15/h2-10H,11-12H2,1H3,(H,18,19). The number of aryl methyl sites for hydroxylation is 1. The first-order chi connectivity index (χ1) is 11.2. The molecule has 0 spiro atoms. The van der Waals surface area contributed by atoms with E-state index in [1.165, 1.54) is 0 Å². The number of thiophene rings is 1. The van der Waals surface area contributed by atoms with Crippen LogP contribution in [0, 0.1) is 6.92 Å². The predicted molar refractivity (Wildman–Crippen MR) is 90.8 cm³/mol. The van der Waals surface area contributed by atoms with E-state index in [-0.39, 0.29) is 12.5 Å². The van der Waals surface area contributed by atoms with Crippen molar-refractivity contribution in [3.8, 4) is 5.75 Å². The number of nitrogens with one attached hydrogen (secondary N) is 1. The van der Waals surface area contributed by atoms with E-state index >= 15 is 0 Å². The summed E-state index contributed by atoms with van der Waals surface area (Å²) in [5.41, 5.74) is 1.10. The van der Waals surface area contributed by atoms with Gasteiger partial charge in [-0.3, -0.25) is 14.8 Å². The molecule has 6 heteroatoms. The number of hydrogen-bond acceptors (Lipinski definition) is 4. The molecule has 1 N–H and O–H groups in total. The molecule has 0 atom stereocenters. The SMILES string of the molecule is Cc1cccc(OCC(=O)N(Cc2cccs2)c2ccn[nH]2)c1. The van der Waals surface area contributed by atoms with Crippen molar-refractivity contribution < 1.29 is 9.53 Å². The first kappa shape index (κ1) is 15.3. The van der Waals surface area contributed by atoms with Gasteiger partial charge in [-0.2, -0.15) is 5.10 Å². The van der Waals surface area contributed by atoms with Crippen LogP contribution in [0.2, 0.25) is 0 Å². The Morgan fingerprint density at radius 3 is 2.91 bits per heavy atom. The lowest BCUT2D eigenvalue weighted by atomic mass is 10.2. The lowest BCUT2D eigenvalue weighted by molar-refractivity contribution is -0.120. The summed E-state index contributed by atoms with van der Waals surface area (Å²) in [4.78, 5) is 15.3. The number of nitrogens with zero attached hydrogens (tertiary/aromatic N) is 2. The Balaban J connectivity index is 1.70. The van der Waals surface area contributed by atoms with Crippen LogP contribution in [0.1, 0.15) is 10.4 Å². The van der Waals surface area contributed by atoms with Crippen molar-refractivity contribution in [3.63, 3.8) is 0 Å². The highest BCUT2D eigenvalue weighted by molar-refractivity contribution is 7.09. The highest BCUT2D eigenvalue weighted by Gasteiger charge is 2.18. The van der Waals surface area contributed by atoms with E-state index in [0.717, 1.165) is 10.4 Å². The number of anilines is 1. The summed E-state index contributed by atoms with van der Waals surface area (Å²) < 4.78 is 5.62. The van der Waals surface area contributed by atoms with Gasteiger partial charge >= 0.3 is 0 Å². The molecule has 0 unspecified atom stereocenters. The van der Waals surface area contributed by atoms with Crippen LogP contribution in [0.15, 0.2) is 54.0 Å². The first-order valence-corrected chi connectivity index (χ1v) is 8.12. The van der Waals surface area contributed by atoms with E-state index in [1.807, 2.05) is 48.7 Å². The minimum absolute atomic E-state index is 0.0200. The van der Waals surface area contributed by atoms with Gasteiger partial charge in [-0.15, -0.1) is 11.3 Å². The van der Waals surface area contributed by atoms with E-state index in [2.05, 4.69) is 10.2 Å². The van der Waals surface area contributed by atoms with Crippen LogP contribution in [-0.4, -0.2) is 22.7 Å². The Bertz CT molecular complexity index is 754. The lowest BCUT2D eigenvalue weighted by Crippen LogP contribution is -2.34. The molecule has 0 aliphatic carbocycles. The molecular weight excluding hydrogens is 310 g/mol. The third-order valence-corrected chi connectivity index (χ3v) is 4.18. The number of carbonyl (C=O) groups is 1. The van der Waals surface area contributed by atoms with Crippen LogP contribution in [0.25, 0.3) is 0 Å². The smallest absolute Gasteiger partial charge is 0.266 e. The van der Waals surface area contributed by atoms with E-state index < -0.39 is 0 Å². The zero-order valence-corrected chi connectivity index (χ0v) is 13.5. The minimum Gasteiger partial charge on any atom is -0.484 e. The summed E-state index contributed by atoms with van der Waals surface area (Å²) in [5, 5.41) is 8.76. The number of benzene rings is 1. The number of rotatable bonds is 6. The van der Waals surface area contributed by atoms with E-state index in [0.29, 0.717) is 18.1 Å².